The van der Waals surface area contributed by atoms with Gasteiger partial charge in [0.1, 0.15) is 11.8 Å². The highest BCUT2D eigenvalue weighted by Gasteiger charge is 2.21. The summed E-state index contributed by atoms with van der Waals surface area (Å²) >= 11 is 0. The fourth-order valence-corrected chi connectivity index (χ4v) is 3.65. The third-order valence-electron chi connectivity index (χ3n) is 5.19. The van der Waals surface area contributed by atoms with E-state index in [1.165, 1.54) is 25.7 Å². The minimum absolute atomic E-state index is 0.0519. The maximum Gasteiger partial charge on any atom is 0.266 e. The Morgan fingerprint density at radius 2 is 1.79 bits per heavy atom. The highest BCUT2D eigenvalue weighted by atomic mass is 16.5. The summed E-state index contributed by atoms with van der Waals surface area (Å²) in [5, 5.41) is 2.91. The first-order valence-electron chi connectivity index (χ1n) is 10.7. The Morgan fingerprint density at radius 3 is 2.59 bits per heavy atom. The van der Waals surface area contributed by atoms with Crippen LogP contribution in [0.5, 0.6) is 5.75 Å². The molecule has 1 atom stereocenters. The number of aromatic nitrogens is 2. The molecule has 1 aromatic heterocycles. The van der Waals surface area contributed by atoms with Crippen molar-refractivity contribution in [3.63, 3.8) is 0 Å². The van der Waals surface area contributed by atoms with Crippen LogP contribution in [0.2, 0.25) is 0 Å². The zero-order chi connectivity index (χ0) is 20.6. The Labute approximate surface area is 172 Å². The lowest BCUT2D eigenvalue weighted by atomic mass is 10.1. The second-order valence-corrected chi connectivity index (χ2v) is 7.40. The molecule has 0 aliphatic carbocycles. The van der Waals surface area contributed by atoms with Gasteiger partial charge in [-0.25, -0.2) is 4.98 Å². The second kappa shape index (κ2) is 10.2. The Bertz CT molecular complexity index is 997. The lowest BCUT2D eigenvalue weighted by molar-refractivity contribution is -0.694. The Balaban J connectivity index is 2.06. The Morgan fingerprint density at radius 1 is 1.03 bits per heavy atom. The summed E-state index contributed by atoms with van der Waals surface area (Å²) in [4.78, 5) is 18.4. The number of quaternary nitrogens is 1. The van der Waals surface area contributed by atoms with Gasteiger partial charge in [-0.2, -0.15) is 0 Å². The second-order valence-electron chi connectivity index (χ2n) is 7.40. The van der Waals surface area contributed by atoms with Gasteiger partial charge in [-0.3, -0.25) is 9.36 Å². The van der Waals surface area contributed by atoms with Crippen LogP contribution in [-0.2, 0) is 0 Å². The summed E-state index contributed by atoms with van der Waals surface area (Å²) in [6.07, 6.45) is 4.91. The molecule has 0 unspecified atom stereocenters. The van der Waals surface area contributed by atoms with Crippen LogP contribution in [0.15, 0.2) is 53.3 Å². The number of para-hydroxylation sites is 3. The van der Waals surface area contributed by atoms with Crippen molar-refractivity contribution in [1.29, 1.82) is 0 Å². The summed E-state index contributed by atoms with van der Waals surface area (Å²) in [5.41, 5.74) is 1.44. The minimum atomic E-state index is -0.0519. The van der Waals surface area contributed by atoms with Gasteiger partial charge in [0, 0.05) is 0 Å². The number of hydrogen-bond acceptors (Lipinski definition) is 3. The largest absolute Gasteiger partial charge is 0.492 e. The third-order valence-corrected chi connectivity index (χ3v) is 5.19. The molecule has 0 saturated heterocycles. The molecular formula is C24H32N3O2+. The van der Waals surface area contributed by atoms with E-state index in [0.29, 0.717) is 17.7 Å². The zero-order valence-electron chi connectivity index (χ0n) is 17.7. The molecule has 3 rings (SSSR count). The van der Waals surface area contributed by atoms with Gasteiger partial charge in [-0.15, -0.1) is 0 Å². The van der Waals surface area contributed by atoms with Crippen LogP contribution in [0.3, 0.4) is 0 Å². The van der Waals surface area contributed by atoms with E-state index in [-0.39, 0.29) is 11.6 Å². The predicted molar refractivity (Wildman–Crippen MR) is 118 cm³/mol. The van der Waals surface area contributed by atoms with Crippen molar-refractivity contribution in [3.8, 4) is 11.4 Å². The Hall–Kier alpha value is -2.66. The summed E-state index contributed by atoms with van der Waals surface area (Å²) in [7, 11) is 0. The number of benzene rings is 2. The molecule has 1 heterocycles. The highest BCUT2D eigenvalue weighted by Crippen LogP contribution is 2.24. The summed E-state index contributed by atoms with van der Waals surface area (Å²) in [5.74, 6) is 1.46. The third kappa shape index (κ3) is 4.85. The molecule has 0 saturated carbocycles. The van der Waals surface area contributed by atoms with Crippen molar-refractivity contribution in [3.05, 3.63) is 64.7 Å². The summed E-state index contributed by atoms with van der Waals surface area (Å²) < 4.78 is 7.56. The van der Waals surface area contributed by atoms with Gasteiger partial charge >= 0.3 is 0 Å². The van der Waals surface area contributed by atoms with Crippen LogP contribution >= 0.6 is 0 Å². The van der Waals surface area contributed by atoms with Crippen molar-refractivity contribution in [2.24, 2.45) is 0 Å². The predicted octanol–water partition coefficient (Wildman–Crippen LogP) is 3.99. The lowest BCUT2D eigenvalue weighted by Gasteiger charge is -2.19. The van der Waals surface area contributed by atoms with Gasteiger partial charge in [-0.1, -0.05) is 44.0 Å². The number of fused-ring (bicyclic) bond motifs is 1. The van der Waals surface area contributed by atoms with Crippen LogP contribution in [0, 0.1) is 0 Å². The molecule has 3 aromatic rings. The fraction of sp³-hybridized carbons (Fsp3) is 0.417. The van der Waals surface area contributed by atoms with E-state index in [2.05, 4.69) is 19.2 Å². The van der Waals surface area contributed by atoms with E-state index < -0.39 is 0 Å². The van der Waals surface area contributed by atoms with Crippen LogP contribution in [-0.4, -0.2) is 22.7 Å². The maximum atomic E-state index is 13.5. The van der Waals surface area contributed by atoms with Gasteiger partial charge in [0.2, 0.25) is 0 Å². The zero-order valence-corrected chi connectivity index (χ0v) is 17.7. The van der Waals surface area contributed by atoms with E-state index in [4.69, 9.17) is 9.72 Å². The first kappa shape index (κ1) is 21.1. The van der Waals surface area contributed by atoms with Crippen LogP contribution in [0.25, 0.3) is 16.6 Å². The minimum Gasteiger partial charge on any atom is -0.492 e. The lowest BCUT2D eigenvalue weighted by Crippen LogP contribution is -2.85. The number of unbranched alkanes of at least 4 members (excludes halogenated alkanes) is 3. The van der Waals surface area contributed by atoms with Crippen molar-refractivity contribution < 1.29 is 10.1 Å². The molecular weight excluding hydrogens is 362 g/mol. The Kier molecular flexibility index (Phi) is 7.42. The molecule has 29 heavy (non-hydrogen) atoms. The molecule has 154 valence electrons. The molecule has 0 bridgehead atoms. The normalized spacial score (nSPS) is 12.2. The molecule has 2 N–H and O–H groups in total. The van der Waals surface area contributed by atoms with Crippen molar-refractivity contribution in [2.45, 2.75) is 52.5 Å². The molecule has 0 radical (unpaired) electrons. The first-order valence-corrected chi connectivity index (χ1v) is 10.7. The average molecular weight is 395 g/mol. The SMILES string of the molecule is CCCCCC[NH2+][C@@H](C)c1nc2ccccc2c(=O)n1-c1ccccc1OCC. The van der Waals surface area contributed by atoms with Crippen LogP contribution < -0.4 is 15.6 Å². The van der Waals surface area contributed by atoms with Gasteiger partial charge in [0.15, 0.2) is 5.82 Å². The number of hydrogen-bond donors (Lipinski definition) is 1. The molecule has 0 amide bonds. The van der Waals surface area contributed by atoms with E-state index in [9.17, 15) is 4.79 Å². The smallest absolute Gasteiger partial charge is 0.266 e. The van der Waals surface area contributed by atoms with Crippen LogP contribution in [0.1, 0.15) is 58.3 Å². The van der Waals surface area contributed by atoms with Crippen molar-refractivity contribution in [2.75, 3.05) is 13.2 Å². The number of rotatable bonds is 10. The van der Waals surface area contributed by atoms with E-state index >= 15 is 0 Å². The van der Waals surface area contributed by atoms with Crippen molar-refractivity contribution >= 4 is 10.9 Å². The summed E-state index contributed by atoms with van der Waals surface area (Å²) in [6, 6.07) is 15.3. The van der Waals surface area contributed by atoms with E-state index in [1.807, 2.05) is 55.5 Å². The van der Waals surface area contributed by atoms with E-state index in [0.717, 1.165) is 23.6 Å². The number of ether oxygens (including phenoxy) is 1. The molecule has 5 heteroatoms. The van der Waals surface area contributed by atoms with Gasteiger partial charge in [0.25, 0.3) is 5.56 Å². The molecule has 0 fully saturated rings. The molecule has 2 aromatic carbocycles. The number of nitrogens with two attached hydrogens (primary N) is 1. The first-order chi connectivity index (χ1) is 14.2. The summed E-state index contributed by atoms with van der Waals surface area (Å²) in [6.45, 7) is 7.86. The molecule has 0 aliphatic heterocycles. The van der Waals surface area contributed by atoms with Gasteiger partial charge < -0.3 is 10.1 Å². The van der Waals surface area contributed by atoms with Crippen molar-refractivity contribution in [1.82, 2.24) is 9.55 Å². The average Bonchev–Trinajstić information content (AvgIpc) is 2.74. The highest BCUT2D eigenvalue weighted by molar-refractivity contribution is 5.78. The maximum absolute atomic E-state index is 13.5. The number of nitrogens with zero attached hydrogens (tertiary/aromatic N) is 2. The standard InChI is InChI=1S/C24H31N3O2/c1-4-6-7-12-17-25-18(3)23-26-20-14-9-8-13-19(20)24(28)27(23)21-15-10-11-16-22(21)29-5-2/h8-11,13-16,18,25H,4-7,12,17H2,1-3H3/p+1/t18-/m0/s1. The molecule has 5 nitrogen and oxygen atoms in total. The topological polar surface area (TPSA) is 60.7 Å². The van der Waals surface area contributed by atoms with Crippen LogP contribution in [0.4, 0.5) is 0 Å². The monoisotopic (exact) mass is 394 g/mol. The van der Waals surface area contributed by atoms with Gasteiger partial charge in [-0.05, 0) is 51.0 Å². The molecule has 0 aliphatic rings. The quantitative estimate of drug-likeness (QED) is 0.529. The fourth-order valence-electron chi connectivity index (χ4n) is 3.65. The van der Waals surface area contributed by atoms with E-state index in [1.54, 1.807) is 4.57 Å². The molecule has 0 spiro atoms. The van der Waals surface area contributed by atoms with Gasteiger partial charge in [0.05, 0.1) is 29.7 Å².